The third-order valence-electron chi connectivity index (χ3n) is 10.9. The van der Waals surface area contributed by atoms with Crippen LogP contribution in [0.2, 0.25) is 5.54 Å². The van der Waals surface area contributed by atoms with Gasteiger partial charge in [0, 0.05) is 46.5 Å². The fourth-order valence-electron chi connectivity index (χ4n) is 9.36. The van der Waals surface area contributed by atoms with Crippen molar-refractivity contribution in [2.24, 2.45) is 5.92 Å². The van der Waals surface area contributed by atoms with Gasteiger partial charge in [0.1, 0.15) is 0 Å². The van der Waals surface area contributed by atoms with Crippen LogP contribution in [0.1, 0.15) is 148 Å². The Labute approximate surface area is 215 Å². The minimum Gasteiger partial charge on any atom is -0.294 e. The average Bonchev–Trinajstić information content (AvgIpc) is 2.87. The zero-order valence-corrected chi connectivity index (χ0v) is 23.6. The number of hydrogen-bond donors (Lipinski definition) is 0. The summed E-state index contributed by atoms with van der Waals surface area (Å²) < 4.78 is 0. The maximum atomic E-state index is 4.32. The molecule has 5 unspecified atom stereocenters. The van der Waals surface area contributed by atoms with E-state index in [1.165, 1.54) is 141 Å². The van der Waals surface area contributed by atoms with Crippen LogP contribution in [0, 0.1) is 5.92 Å². The second kappa shape index (κ2) is 12.6. The Bertz CT molecular complexity index is 574. The summed E-state index contributed by atoms with van der Waals surface area (Å²) in [5.41, 5.74) is 0.711. The van der Waals surface area contributed by atoms with E-state index in [1.54, 1.807) is 0 Å². The molecule has 3 heteroatoms. The van der Waals surface area contributed by atoms with E-state index in [1.807, 2.05) is 0 Å². The van der Waals surface area contributed by atoms with E-state index in [4.69, 9.17) is 0 Å². The smallest absolute Gasteiger partial charge is 0.0267 e. The standard InChI is InChI=1S/C31H55N2Si/c1-24-13-11-12-20-31(24)33(27-18-9-4-10-19-27)29-21-28(22-30(34)23-29)32(25-14-5-2-6-15-25)26-16-7-3-8-17-26/h24-31H,2-23H2,1H3. The molecule has 0 aromatic carbocycles. The van der Waals surface area contributed by atoms with Crippen LogP contribution < -0.4 is 0 Å². The highest BCUT2D eigenvalue weighted by molar-refractivity contribution is 6.11. The molecule has 5 aliphatic carbocycles. The second-order valence-corrected chi connectivity index (χ2v) is 14.1. The lowest BCUT2D eigenvalue weighted by Crippen LogP contribution is -2.59. The van der Waals surface area contributed by atoms with Crippen molar-refractivity contribution in [2.45, 2.75) is 190 Å². The molecule has 5 saturated carbocycles. The summed E-state index contributed by atoms with van der Waals surface area (Å²) in [6, 6.07) is 5.13. The minimum absolute atomic E-state index is 0.711. The van der Waals surface area contributed by atoms with Gasteiger partial charge in [0.2, 0.25) is 0 Å². The Morgan fingerprint density at radius 1 is 0.441 bits per heavy atom. The van der Waals surface area contributed by atoms with Crippen LogP contribution in [-0.2, 0) is 0 Å². The van der Waals surface area contributed by atoms with Crippen LogP contribution in [0.5, 0.6) is 0 Å². The zero-order chi connectivity index (χ0) is 23.3. The molecule has 34 heavy (non-hydrogen) atoms. The lowest BCUT2D eigenvalue weighted by Gasteiger charge is -2.54. The topological polar surface area (TPSA) is 6.48 Å². The van der Waals surface area contributed by atoms with Crippen LogP contribution in [0.25, 0.3) is 0 Å². The molecule has 0 N–H and O–H groups in total. The molecule has 3 radical (unpaired) electrons. The summed E-state index contributed by atoms with van der Waals surface area (Å²) in [6.45, 7) is 2.60. The summed E-state index contributed by atoms with van der Waals surface area (Å²) in [5.74, 6) is 0.900. The lowest BCUT2D eigenvalue weighted by molar-refractivity contribution is -0.0367. The largest absolute Gasteiger partial charge is 0.294 e. The first kappa shape index (κ1) is 25.8. The third kappa shape index (κ3) is 6.16. The summed E-state index contributed by atoms with van der Waals surface area (Å²) in [4.78, 5) is 6.41. The summed E-state index contributed by atoms with van der Waals surface area (Å²) in [5, 5.41) is 0. The first-order valence-corrected chi connectivity index (χ1v) is 16.5. The summed E-state index contributed by atoms with van der Waals surface area (Å²) in [6.07, 6.45) is 32.4. The van der Waals surface area contributed by atoms with Gasteiger partial charge in [-0.1, -0.05) is 77.6 Å². The first-order chi connectivity index (χ1) is 16.7. The van der Waals surface area contributed by atoms with E-state index < -0.39 is 0 Å². The van der Waals surface area contributed by atoms with Crippen LogP contribution >= 0.6 is 0 Å². The van der Waals surface area contributed by atoms with Gasteiger partial charge < -0.3 is 0 Å². The predicted molar refractivity (Wildman–Crippen MR) is 147 cm³/mol. The Morgan fingerprint density at radius 3 is 1.35 bits per heavy atom. The van der Waals surface area contributed by atoms with Crippen LogP contribution in [0.4, 0.5) is 0 Å². The Hall–Kier alpha value is 0.137. The number of nitrogens with zero attached hydrogens (tertiary/aromatic N) is 2. The quantitative estimate of drug-likeness (QED) is 0.353. The van der Waals surface area contributed by atoms with Gasteiger partial charge in [-0.15, -0.1) is 0 Å². The Balaban J connectivity index is 1.38. The molecule has 0 saturated heterocycles. The molecule has 5 rings (SSSR count). The van der Waals surface area contributed by atoms with Crippen molar-refractivity contribution < 1.29 is 0 Å². The molecule has 0 spiro atoms. The van der Waals surface area contributed by atoms with Crippen LogP contribution in [-0.4, -0.2) is 56.3 Å². The number of rotatable bonds is 6. The highest BCUT2D eigenvalue weighted by atomic mass is 28.1. The molecule has 5 atom stereocenters. The van der Waals surface area contributed by atoms with Crippen LogP contribution in [0.3, 0.4) is 0 Å². The fourth-order valence-corrected chi connectivity index (χ4v) is 9.90. The predicted octanol–water partition coefficient (Wildman–Crippen LogP) is 8.05. The minimum atomic E-state index is 0.711. The molecular formula is C31H55N2Si. The van der Waals surface area contributed by atoms with Crippen molar-refractivity contribution in [3.05, 3.63) is 0 Å². The van der Waals surface area contributed by atoms with E-state index in [0.717, 1.165) is 42.2 Å². The molecule has 0 heterocycles. The van der Waals surface area contributed by atoms with E-state index in [2.05, 4.69) is 27.0 Å². The van der Waals surface area contributed by atoms with Crippen molar-refractivity contribution in [1.29, 1.82) is 0 Å². The van der Waals surface area contributed by atoms with Crippen LogP contribution in [0.15, 0.2) is 0 Å². The monoisotopic (exact) mass is 483 g/mol. The molecule has 0 aliphatic heterocycles. The van der Waals surface area contributed by atoms with Gasteiger partial charge in [0.15, 0.2) is 0 Å². The first-order valence-electron chi connectivity index (χ1n) is 16.0. The Kier molecular flexibility index (Phi) is 9.54. The normalized spacial score (nSPS) is 37.9. The second-order valence-electron chi connectivity index (χ2n) is 13.3. The van der Waals surface area contributed by atoms with E-state index in [0.29, 0.717) is 5.54 Å². The van der Waals surface area contributed by atoms with E-state index in [-0.39, 0.29) is 0 Å². The van der Waals surface area contributed by atoms with Gasteiger partial charge in [0.25, 0.3) is 0 Å². The highest BCUT2D eigenvalue weighted by Crippen LogP contribution is 2.43. The number of hydrogen-bond acceptors (Lipinski definition) is 2. The van der Waals surface area contributed by atoms with Crippen molar-refractivity contribution in [1.82, 2.24) is 9.80 Å². The summed E-state index contributed by atoms with van der Waals surface area (Å²) >= 11 is 0. The molecule has 5 fully saturated rings. The Morgan fingerprint density at radius 2 is 0.853 bits per heavy atom. The SMILES string of the molecule is CC1CCCCC1N(C1CCCCC1)C1CC([Si])CC(N(C2CCCCC2)C2CCCCC2)C1. The maximum Gasteiger partial charge on any atom is 0.0267 e. The molecule has 5 aliphatic rings. The highest BCUT2D eigenvalue weighted by Gasteiger charge is 2.43. The van der Waals surface area contributed by atoms with E-state index in [9.17, 15) is 0 Å². The lowest BCUT2D eigenvalue weighted by atomic mass is 9.78. The van der Waals surface area contributed by atoms with Gasteiger partial charge in [-0.05, 0) is 82.1 Å². The summed E-state index contributed by atoms with van der Waals surface area (Å²) in [7, 11) is 4.32. The molecular weight excluding hydrogens is 428 g/mol. The molecule has 2 nitrogen and oxygen atoms in total. The van der Waals surface area contributed by atoms with Gasteiger partial charge >= 0.3 is 0 Å². The molecule has 0 aromatic rings. The van der Waals surface area contributed by atoms with Gasteiger partial charge in [-0.3, -0.25) is 9.80 Å². The van der Waals surface area contributed by atoms with Crippen molar-refractivity contribution in [2.75, 3.05) is 0 Å². The van der Waals surface area contributed by atoms with Crippen molar-refractivity contribution in [3.63, 3.8) is 0 Å². The van der Waals surface area contributed by atoms with Gasteiger partial charge in [-0.25, -0.2) is 0 Å². The van der Waals surface area contributed by atoms with E-state index >= 15 is 0 Å². The van der Waals surface area contributed by atoms with Gasteiger partial charge in [0.05, 0.1) is 0 Å². The molecule has 0 aromatic heterocycles. The molecule has 193 valence electrons. The van der Waals surface area contributed by atoms with Crippen molar-refractivity contribution in [3.8, 4) is 0 Å². The third-order valence-corrected chi connectivity index (χ3v) is 11.4. The molecule has 0 bridgehead atoms. The molecule has 0 amide bonds. The zero-order valence-electron chi connectivity index (χ0n) is 22.6. The van der Waals surface area contributed by atoms with Gasteiger partial charge in [-0.2, -0.15) is 0 Å². The fraction of sp³-hybridized carbons (Fsp3) is 1.00. The maximum absolute atomic E-state index is 4.32. The van der Waals surface area contributed by atoms with Crippen molar-refractivity contribution >= 4 is 10.2 Å². The average molecular weight is 484 g/mol.